The lowest BCUT2D eigenvalue weighted by Gasteiger charge is -2.21. The van der Waals surface area contributed by atoms with Crippen LogP contribution in [0.3, 0.4) is 0 Å². The second-order valence-electron chi connectivity index (χ2n) is 5.50. The molecule has 0 spiro atoms. The Morgan fingerprint density at radius 1 is 1.16 bits per heavy atom. The molecule has 19 heavy (non-hydrogen) atoms. The minimum Gasteiger partial charge on any atom is -0.326 e. The second kappa shape index (κ2) is 4.89. The van der Waals surface area contributed by atoms with Gasteiger partial charge < -0.3 is 5.73 Å². The van der Waals surface area contributed by atoms with Crippen molar-refractivity contribution in [1.29, 1.82) is 0 Å². The third-order valence-corrected chi connectivity index (χ3v) is 6.22. The zero-order valence-electron chi connectivity index (χ0n) is 12.0. The molecule has 1 aromatic carbocycles. The summed E-state index contributed by atoms with van der Waals surface area (Å²) in [7, 11) is -3.42. The molecule has 0 radical (unpaired) electrons. The normalized spacial score (nSPS) is 21.0. The summed E-state index contributed by atoms with van der Waals surface area (Å²) in [5.41, 5.74) is 9.57. The van der Waals surface area contributed by atoms with E-state index >= 15 is 0 Å². The van der Waals surface area contributed by atoms with Crippen LogP contribution in [-0.2, 0) is 10.0 Å². The van der Waals surface area contributed by atoms with Gasteiger partial charge in [0.15, 0.2) is 0 Å². The molecule has 1 saturated heterocycles. The molecule has 1 atom stereocenters. The van der Waals surface area contributed by atoms with Crippen molar-refractivity contribution >= 4 is 10.0 Å². The van der Waals surface area contributed by atoms with E-state index in [1.807, 2.05) is 33.8 Å². The quantitative estimate of drug-likeness (QED) is 0.897. The van der Waals surface area contributed by atoms with E-state index in [2.05, 4.69) is 0 Å². The molecule has 0 aliphatic carbocycles. The minimum absolute atomic E-state index is 0.0405. The van der Waals surface area contributed by atoms with Gasteiger partial charge >= 0.3 is 0 Å². The molecule has 5 heteroatoms. The standard InChI is InChI=1S/C14H22N2O2S/c1-9-7-10(2)12(4)14(11(9)3)19(17,18)16-6-5-13(15)8-16/h7,13H,5-6,8,15H2,1-4H3. The lowest BCUT2D eigenvalue weighted by atomic mass is 10.0. The topological polar surface area (TPSA) is 63.4 Å². The van der Waals surface area contributed by atoms with Crippen molar-refractivity contribution in [1.82, 2.24) is 4.31 Å². The molecule has 1 aliphatic rings. The molecule has 0 bridgehead atoms. The van der Waals surface area contributed by atoms with Gasteiger partial charge in [-0.25, -0.2) is 8.42 Å². The molecule has 1 aromatic rings. The Morgan fingerprint density at radius 3 is 2.11 bits per heavy atom. The van der Waals surface area contributed by atoms with Gasteiger partial charge in [0.25, 0.3) is 0 Å². The highest BCUT2D eigenvalue weighted by Gasteiger charge is 2.33. The van der Waals surface area contributed by atoms with Crippen molar-refractivity contribution in [3.05, 3.63) is 28.3 Å². The van der Waals surface area contributed by atoms with Gasteiger partial charge in [-0.05, 0) is 56.4 Å². The number of nitrogens with two attached hydrogens (primary N) is 1. The van der Waals surface area contributed by atoms with Gasteiger partial charge in [-0.3, -0.25) is 0 Å². The Labute approximate surface area is 115 Å². The molecule has 1 aliphatic heterocycles. The molecule has 2 rings (SSSR count). The third-order valence-electron chi connectivity index (χ3n) is 4.08. The van der Waals surface area contributed by atoms with Crippen molar-refractivity contribution in [2.45, 2.75) is 45.1 Å². The van der Waals surface area contributed by atoms with Gasteiger partial charge in [0, 0.05) is 19.1 Å². The summed E-state index contributed by atoms with van der Waals surface area (Å²) in [4.78, 5) is 0.471. The van der Waals surface area contributed by atoms with Gasteiger partial charge in [0.1, 0.15) is 0 Å². The van der Waals surface area contributed by atoms with Crippen LogP contribution >= 0.6 is 0 Å². The third kappa shape index (κ3) is 2.42. The maximum Gasteiger partial charge on any atom is 0.243 e. The Hall–Kier alpha value is -0.910. The second-order valence-corrected chi connectivity index (χ2v) is 7.38. The number of rotatable bonds is 2. The van der Waals surface area contributed by atoms with E-state index in [0.29, 0.717) is 18.0 Å². The number of hydrogen-bond donors (Lipinski definition) is 1. The van der Waals surface area contributed by atoms with Crippen LogP contribution in [0.25, 0.3) is 0 Å². The molecule has 2 N–H and O–H groups in total. The molecule has 1 fully saturated rings. The van der Waals surface area contributed by atoms with Crippen LogP contribution in [0.15, 0.2) is 11.0 Å². The van der Waals surface area contributed by atoms with Crippen LogP contribution in [0, 0.1) is 27.7 Å². The van der Waals surface area contributed by atoms with Gasteiger partial charge in [0.2, 0.25) is 10.0 Å². The molecular formula is C14H22N2O2S. The molecule has 4 nitrogen and oxygen atoms in total. The summed E-state index contributed by atoms with van der Waals surface area (Å²) in [5, 5.41) is 0. The van der Waals surface area contributed by atoms with E-state index < -0.39 is 10.0 Å². The summed E-state index contributed by atoms with van der Waals surface area (Å²) in [5.74, 6) is 0. The van der Waals surface area contributed by atoms with Crippen LogP contribution in [-0.4, -0.2) is 31.9 Å². The van der Waals surface area contributed by atoms with Crippen LogP contribution < -0.4 is 5.73 Å². The fourth-order valence-electron chi connectivity index (χ4n) is 2.67. The first kappa shape index (κ1) is 14.5. The van der Waals surface area contributed by atoms with Gasteiger partial charge in [-0.2, -0.15) is 4.31 Å². The first-order valence-corrected chi connectivity index (χ1v) is 8.02. The van der Waals surface area contributed by atoms with E-state index in [0.717, 1.165) is 28.7 Å². The number of benzene rings is 1. The Balaban J connectivity index is 2.58. The van der Waals surface area contributed by atoms with E-state index in [4.69, 9.17) is 5.73 Å². The largest absolute Gasteiger partial charge is 0.326 e. The van der Waals surface area contributed by atoms with Crippen LogP contribution in [0.2, 0.25) is 0 Å². The SMILES string of the molecule is Cc1cc(C)c(C)c(S(=O)(=O)N2CCC(N)C2)c1C. The van der Waals surface area contributed by atoms with E-state index in [9.17, 15) is 8.42 Å². The first-order chi connectivity index (χ1) is 8.75. The highest BCUT2D eigenvalue weighted by atomic mass is 32.2. The predicted molar refractivity (Wildman–Crippen MR) is 76.7 cm³/mol. The van der Waals surface area contributed by atoms with Crippen molar-refractivity contribution in [3.63, 3.8) is 0 Å². The van der Waals surface area contributed by atoms with Gasteiger partial charge in [-0.15, -0.1) is 0 Å². The van der Waals surface area contributed by atoms with E-state index in [-0.39, 0.29) is 6.04 Å². The van der Waals surface area contributed by atoms with Gasteiger partial charge in [-0.1, -0.05) is 6.07 Å². The summed E-state index contributed by atoms with van der Waals surface area (Å²) in [6.07, 6.45) is 0.738. The van der Waals surface area contributed by atoms with Crippen molar-refractivity contribution in [2.75, 3.05) is 13.1 Å². The molecule has 106 valence electrons. The Bertz CT molecular complexity index is 582. The summed E-state index contributed by atoms with van der Waals surface area (Å²) < 4.78 is 27.1. The van der Waals surface area contributed by atoms with Crippen LogP contribution in [0.1, 0.15) is 28.7 Å². The van der Waals surface area contributed by atoms with Crippen molar-refractivity contribution in [3.8, 4) is 0 Å². The number of sulfonamides is 1. The smallest absolute Gasteiger partial charge is 0.243 e. The predicted octanol–water partition coefficient (Wildman–Crippen LogP) is 1.64. The minimum atomic E-state index is -3.42. The molecule has 0 aromatic heterocycles. The number of hydrogen-bond acceptors (Lipinski definition) is 3. The van der Waals surface area contributed by atoms with Crippen LogP contribution in [0.5, 0.6) is 0 Å². The number of nitrogens with zero attached hydrogens (tertiary/aromatic N) is 1. The Kier molecular flexibility index (Phi) is 3.73. The first-order valence-electron chi connectivity index (χ1n) is 6.58. The average molecular weight is 282 g/mol. The van der Waals surface area contributed by atoms with E-state index in [1.54, 1.807) is 0 Å². The fourth-order valence-corrected chi connectivity index (χ4v) is 4.76. The van der Waals surface area contributed by atoms with Crippen molar-refractivity contribution in [2.24, 2.45) is 5.73 Å². The molecule has 1 unspecified atom stereocenters. The fraction of sp³-hybridized carbons (Fsp3) is 0.571. The molecule has 0 amide bonds. The molecular weight excluding hydrogens is 260 g/mol. The molecule has 0 saturated carbocycles. The van der Waals surface area contributed by atoms with Crippen LogP contribution in [0.4, 0.5) is 0 Å². The summed E-state index contributed by atoms with van der Waals surface area (Å²) in [6.45, 7) is 8.62. The lowest BCUT2D eigenvalue weighted by molar-refractivity contribution is 0.471. The van der Waals surface area contributed by atoms with E-state index in [1.165, 1.54) is 4.31 Å². The summed E-state index contributed by atoms with van der Waals surface area (Å²) in [6, 6.07) is 2.00. The maximum absolute atomic E-state index is 12.8. The zero-order chi connectivity index (χ0) is 14.4. The highest BCUT2D eigenvalue weighted by Crippen LogP contribution is 2.30. The highest BCUT2D eigenvalue weighted by molar-refractivity contribution is 7.89. The Morgan fingerprint density at radius 2 is 1.68 bits per heavy atom. The molecule has 1 heterocycles. The monoisotopic (exact) mass is 282 g/mol. The zero-order valence-corrected chi connectivity index (χ0v) is 12.8. The maximum atomic E-state index is 12.8. The summed E-state index contributed by atoms with van der Waals surface area (Å²) >= 11 is 0. The van der Waals surface area contributed by atoms with Crippen molar-refractivity contribution < 1.29 is 8.42 Å². The van der Waals surface area contributed by atoms with Gasteiger partial charge in [0.05, 0.1) is 4.90 Å². The average Bonchev–Trinajstić information content (AvgIpc) is 2.74. The number of aryl methyl sites for hydroxylation is 2. The lowest BCUT2D eigenvalue weighted by Crippen LogP contribution is -2.33.